The number of nitrogens with zero attached hydrogens (tertiary/aromatic N) is 1. The van der Waals surface area contributed by atoms with Crippen molar-refractivity contribution in [1.29, 1.82) is 0 Å². The Morgan fingerprint density at radius 3 is 2.95 bits per heavy atom. The third kappa shape index (κ3) is 1.97. The third-order valence-electron chi connectivity index (χ3n) is 4.67. The zero-order chi connectivity index (χ0) is 13.7. The van der Waals surface area contributed by atoms with Crippen LogP contribution in [-0.4, -0.2) is 6.54 Å². The molecule has 2 unspecified atom stereocenters. The van der Waals surface area contributed by atoms with E-state index in [-0.39, 0.29) is 0 Å². The van der Waals surface area contributed by atoms with Crippen LogP contribution < -0.4 is 4.90 Å². The summed E-state index contributed by atoms with van der Waals surface area (Å²) in [7, 11) is 0. The van der Waals surface area contributed by atoms with Crippen molar-refractivity contribution in [2.24, 2.45) is 5.92 Å². The van der Waals surface area contributed by atoms with Crippen molar-refractivity contribution in [2.45, 2.75) is 32.2 Å². The van der Waals surface area contributed by atoms with E-state index in [0.29, 0.717) is 6.04 Å². The van der Waals surface area contributed by atoms with Crippen LogP contribution in [-0.2, 0) is 6.42 Å². The summed E-state index contributed by atoms with van der Waals surface area (Å²) in [6.07, 6.45) is 3.87. The minimum atomic E-state index is 0.537. The first-order valence-corrected chi connectivity index (χ1v) is 8.53. The maximum Gasteiger partial charge on any atom is 0.0916 e. The average Bonchev–Trinajstić information content (AvgIpc) is 3.02. The molecular formula is C17H18ClNS. The Morgan fingerprint density at radius 2 is 2.15 bits per heavy atom. The predicted octanol–water partition coefficient (Wildman–Crippen LogP) is 5.22. The summed E-state index contributed by atoms with van der Waals surface area (Å²) in [5, 5.41) is 2.29. The summed E-state index contributed by atoms with van der Waals surface area (Å²) in [6.45, 7) is 3.36. The highest BCUT2D eigenvalue weighted by molar-refractivity contribution is 7.16. The van der Waals surface area contributed by atoms with E-state index in [2.05, 4.69) is 36.1 Å². The number of fused-ring (bicyclic) bond motifs is 3. The van der Waals surface area contributed by atoms with Crippen LogP contribution in [0.4, 0.5) is 5.00 Å². The number of benzene rings is 1. The molecule has 3 heteroatoms. The molecule has 0 saturated carbocycles. The van der Waals surface area contributed by atoms with Gasteiger partial charge in [0.2, 0.25) is 0 Å². The van der Waals surface area contributed by atoms with Crippen LogP contribution in [0.25, 0.3) is 0 Å². The van der Waals surface area contributed by atoms with E-state index < -0.39 is 0 Å². The second-order valence-electron chi connectivity index (χ2n) is 5.97. The van der Waals surface area contributed by atoms with Gasteiger partial charge in [-0.15, -0.1) is 11.3 Å². The maximum absolute atomic E-state index is 6.24. The number of anilines is 1. The van der Waals surface area contributed by atoms with Crippen LogP contribution in [0.2, 0.25) is 5.02 Å². The first-order valence-electron chi connectivity index (χ1n) is 7.34. The molecule has 1 nitrogen and oxygen atoms in total. The fraction of sp³-hybridized carbons (Fsp3) is 0.412. The van der Waals surface area contributed by atoms with Gasteiger partial charge in [-0.3, -0.25) is 0 Å². The Balaban J connectivity index is 1.78. The number of rotatable bonds is 1. The molecular weight excluding hydrogens is 286 g/mol. The summed E-state index contributed by atoms with van der Waals surface area (Å²) in [4.78, 5) is 4.01. The van der Waals surface area contributed by atoms with Crippen LogP contribution in [0.1, 0.15) is 34.9 Å². The highest BCUT2D eigenvalue weighted by Gasteiger charge is 2.39. The number of aryl methyl sites for hydroxylation is 1. The molecule has 2 aliphatic rings. The molecule has 0 amide bonds. The standard InChI is InChI=1S/C17H18ClNS/c1-11-4-7-16(20-11)19-8-2-3-13-9-12-5-6-14(18)10-15(12)17(13)19/h4-7,10,13,17H,2-3,8-9H2,1H3. The summed E-state index contributed by atoms with van der Waals surface area (Å²) in [5.41, 5.74) is 2.97. The van der Waals surface area contributed by atoms with Crippen LogP contribution in [0.15, 0.2) is 30.3 Å². The summed E-state index contributed by atoms with van der Waals surface area (Å²) in [5.74, 6) is 0.764. The molecule has 1 aromatic heterocycles. The number of halogens is 1. The molecule has 1 aliphatic heterocycles. The Morgan fingerprint density at radius 1 is 1.25 bits per heavy atom. The number of piperidine rings is 1. The number of hydrogen-bond acceptors (Lipinski definition) is 2. The first kappa shape index (κ1) is 12.7. The lowest BCUT2D eigenvalue weighted by atomic mass is 9.90. The SMILES string of the molecule is Cc1ccc(N2CCCC3Cc4ccc(Cl)cc4C32)s1. The van der Waals surface area contributed by atoms with Crippen molar-refractivity contribution in [2.75, 3.05) is 11.4 Å². The van der Waals surface area contributed by atoms with E-state index in [1.807, 2.05) is 17.4 Å². The van der Waals surface area contributed by atoms with Gasteiger partial charge in [0.25, 0.3) is 0 Å². The largest absolute Gasteiger partial charge is 0.356 e. The molecule has 1 aliphatic carbocycles. The van der Waals surface area contributed by atoms with Gasteiger partial charge >= 0.3 is 0 Å². The van der Waals surface area contributed by atoms with Gasteiger partial charge in [0, 0.05) is 16.4 Å². The van der Waals surface area contributed by atoms with Crippen LogP contribution in [0, 0.1) is 12.8 Å². The fourth-order valence-corrected chi connectivity index (χ4v) is 4.95. The molecule has 0 radical (unpaired) electrons. The quantitative estimate of drug-likeness (QED) is 0.698. The lowest BCUT2D eigenvalue weighted by molar-refractivity contribution is 0.352. The van der Waals surface area contributed by atoms with Crippen molar-refractivity contribution in [3.8, 4) is 0 Å². The van der Waals surface area contributed by atoms with Crippen molar-refractivity contribution in [1.82, 2.24) is 0 Å². The summed E-state index contributed by atoms with van der Waals surface area (Å²) in [6, 6.07) is 11.5. The first-order chi connectivity index (χ1) is 9.72. The molecule has 2 heterocycles. The lowest BCUT2D eigenvalue weighted by Crippen LogP contribution is -2.36. The second-order valence-corrected chi connectivity index (χ2v) is 7.67. The zero-order valence-electron chi connectivity index (χ0n) is 11.6. The molecule has 1 fully saturated rings. The van der Waals surface area contributed by atoms with Gasteiger partial charge in [-0.25, -0.2) is 0 Å². The van der Waals surface area contributed by atoms with Crippen LogP contribution in [0.5, 0.6) is 0 Å². The van der Waals surface area contributed by atoms with Gasteiger partial charge in [0.05, 0.1) is 11.0 Å². The molecule has 0 spiro atoms. The molecule has 2 aromatic rings. The number of thiophene rings is 1. The summed E-state index contributed by atoms with van der Waals surface area (Å²) >= 11 is 8.15. The van der Waals surface area contributed by atoms with Crippen LogP contribution >= 0.6 is 22.9 Å². The summed E-state index contributed by atoms with van der Waals surface area (Å²) < 4.78 is 0. The average molecular weight is 304 g/mol. The molecule has 104 valence electrons. The minimum Gasteiger partial charge on any atom is -0.356 e. The predicted molar refractivity (Wildman–Crippen MR) is 87.0 cm³/mol. The lowest BCUT2D eigenvalue weighted by Gasteiger charge is -2.39. The van der Waals surface area contributed by atoms with Gasteiger partial charge in [-0.1, -0.05) is 17.7 Å². The van der Waals surface area contributed by atoms with Crippen molar-refractivity contribution < 1.29 is 0 Å². The second kappa shape index (κ2) is 4.78. The topological polar surface area (TPSA) is 3.24 Å². The monoisotopic (exact) mass is 303 g/mol. The third-order valence-corrected chi connectivity index (χ3v) is 5.95. The Bertz CT molecular complexity index is 648. The van der Waals surface area contributed by atoms with Crippen molar-refractivity contribution in [3.05, 3.63) is 51.4 Å². The van der Waals surface area contributed by atoms with E-state index in [4.69, 9.17) is 11.6 Å². The van der Waals surface area contributed by atoms with E-state index >= 15 is 0 Å². The Hall–Kier alpha value is -0.990. The highest BCUT2D eigenvalue weighted by Crippen LogP contribution is 2.48. The smallest absolute Gasteiger partial charge is 0.0916 e. The highest BCUT2D eigenvalue weighted by atomic mass is 35.5. The molecule has 1 aromatic carbocycles. The van der Waals surface area contributed by atoms with Crippen molar-refractivity contribution >= 4 is 27.9 Å². The maximum atomic E-state index is 6.24. The Kier molecular flexibility index (Phi) is 3.04. The van der Waals surface area contributed by atoms with Crippen LogP contribution in [0.3, 0.4) is 0 Å². The van der Waals surface area contributed by atoms with E-state index in [9.17, 15) is 0 Å². The molecule has 0 bridgehead atoms. The zero-order valence-corrected chi connectivity index (χ0v) is 13.2. The van der Waals surface area contributed by atoms with E-state index in [1.54, 1.807) is 0 Å². The normalized spacial score (nSPS) is 24.6. The van der Waals surface area contributed by atoms with Gasteiger partial charge in [-0.2, -0.15) is 0 Å². The van der Waals surface area contributed by atoms with Gasteiger partial charge in [0.15, 0.2) is 0 Å². The van der Waals surface area contributed by atoms with E-state index in [0.717, 1.165) is 10.9 Å². The molecule has 20 heavy (non-hydrogen) atoms. The molecule has 1 saturated heterocycles. The van der Waals surface area contributed by atoms with E-state index in [1.165, 1.54) is 46.8 Å². The minimum absolute atomic E-state index is 0.537. The van der Waals surface area contributed by atoms with Gasteiger partial charge in [-0.05, 0) is 67.5 Å². The Labute approximate surface area is 129 Å². The molecule has 0 N–H and O–H groups in total. The van der Waals surface area contributed by atoms with Gasteiger partial charge in [0.1, 0.15) is 0 Å². The van der Waals surface area contributed by atoms with Crippen molar-refractivity contribution in [3.63, 3.8) is 0 Å². The molecule has 2 atom stereocenters. The molecule has 4 rings (SSSR count). The number of hydrogen-bond donors (Lipinski definition) is 0. The fourth-order valence-electron chi connectivity index (χ4n) is 3.84. The van der Waals surface area contributed by atoms with Gasteiger partial charge < -0.3 is 4.90 Å².